The highest BCUT2D eigenvalue weighted by atomic mass is 16.7. The largest absolute Gasteiger partial charge is 0.438 e. The number of carbonyl (C=O) groups excluding carboxylic acids is 1. The van der Waals surface area contributed by atoms with Crippen molar-refractivity contribution < 1.29 is 19.0 Å². The normalized spacial score (nSPS) is 26.8. The van der Waals surface area contributed by atoms with Crippen molar-refractivity contribution in [3.8, 4) is 0 Å². The minimum atomic E-state index is -0.277. The molecule has 4 nitrogen and oxygen atoms in total. The van der Waals surface area contributed by atoms with Gasteiger partial charge in [0.15, 0.2) is 6.79 Å². The predicted octanol–water partition coefficient (Wildman–Crippen LogP) is 3.68. The third-order valence-corrected chi connectivity index (χ3v) is 3.75. The fourth-order valence-corrected chi connectivity index (χ4v) is 2.55. The van der Waals surface area contributed by atoms with Crippen molar-refractivity contribution in [1.82, 2.24) is 0 Å². The maximum Gasteiger partial charge on any atom is 0.307 e. The quantitative estimate of drug-likeness (QED) is 0.529. The van der Waals surface area contributed by atoms with Gasteiger partial charge < -0.3 is 14.2 Å². The second-order valence-electron chi connectivity index (χ2n) is 6.54. The van der Waals surface area contributed by atoms with Gasteiger partial charge in [0, 0.05) is 6.42 Å². The topological polar surface area (TPSA) is 44.8 Å². The Hall–Kier alpha value is -0.610. The van der Waals surface area contributed by atoms with Crippen LogP contribution < -0.4 is 0 Å². The maximum atomic E-state index is 11.7. The molecule has 0 aliphatic carbocycles. The van der Waals surface area contributed by atoms with Crippen LogP contribution in [0.4, 0.5) is 0 Å². The third-order valence-electron chi connectivity index (χ3n) is 3.75. The lowest BCUT2D eigenvalue weighted by Crippen LogP contribution is -2.23. The van der Waals surface area contributed by atoms with Gasteiger partial charge in [-0.3, -0.25) is 4.79 Å². The van der Waals surface area contributed by atoms with E-state index in [1.54, 1.807) is 0 Å². The summed E-state index contributed by atoms with van der Waals surface area (Å²) in [6.45, 7) is 10.1. The van der Waals surface area contributed by atoms with Crippen molar-refractivity contribution in [2.75, 3.05) is 6.79 Å². The number of esters is 1. The fraction of sp³-hybridized carbons (Fsp3) is 0.938. The van der Waals surface area contributed by atoms with E-state index in [4.69, 9.17) is 14.2 Å². The van der Waals surface area contributed by atoms with Gasteiger partial charge in [0.1, 0.15) is 0 Å². The van der Waals surface area contributed by atoms with E-state index in [-0.39, 0.29) is 18.4 Å². The van der Waals surface area contributed by atoms with Crippen molar-refractivity contribution in [3.05, 3.63) is 0 Å². The van der Waals surface area contributed by atoms with Crippen LogP contribution in [-0.2, 0) is 19.0 Å². The standard InChI is InChI=1S/C16H30O4/c1-6-13-10-12(14(7-2)20-13)8-9-15(17)18-11-19-16(3,4)5/h12-14H,6-11H2,1-5H3. The monoisotopic (exact) mass is 286 g/mol. The summed E-state index contributed by atoms with van der Waals surface area (Å²) in [4.78, 5) is 11.7. The Kier molecular flexibility index (Phi) is 6.96. The molecule has 0 N–H and O–H groups in total. The van der Waals surface area contributed by atoms with Crippen LogP contribution in [0.2, 0.25) is 0 Å². The maximum absolute atomic E-state index is 11.7. The zero-order chi connectivity index (χ0) is 15.2. The molecule has 1 fully saturated rings. The molecule has 0 aromatic heterocycles. The lowest BCUT2D eigenvalue weighted by molar-refractivity contribution is -0.167. The first kappa shape index (κ1) is 17.4. The van der Waals surface area contributed by atoms with Crippen molar-refractivity contribution in [2.45, 2.75) is 84.5 Å². The van der Waals surface area contributed by atoms with Crippen molar-refractivity contribution in [2.24, 2.45) is 5.92 Å². The van der Waals surface area contributed by atoms with Crippen LogP contribution in [0, 0.1) is 5.92 Å². The van der Waals surface area contributed by atoms with Crippen molar-refractivity contribution in [1.29, 1.82) is 0 Å². The van der Waals surface area contributed by atoms with Crippen LogP contribution in [0.25, 0.3) is 0 Å². The fourth-order valence-electron chi connectivity index (χ4n) is 2.55. The molecule has 0 saturated carbocycles. The molecule has 1 rings (SSSR count). The van der Waals surface area contributed by atoms with Crippen LogP contribution in [-0.4, -0.2) is 30.6 Å². The number of rotatable bonds is 7. The van der Waals surface area contributed by atoms with Gasteiger partial charge in [-0.05, 0) is 52.4 Å². The zero-order valence-electron chi connectivity index (χ0n) is 13.6. The highest BCUT2D eigenvalue weighted by Gasteiger charge is 2.33. The Labute approximate surface area is 123 Å². The van der Waals surface area contributed by atoms with Gasteiger partial charge >= 0.3 is 5.97 Å². The Morgan fingerprint density at radius 2 is 1.95 bits per heavy atom. The van der Waals surface area contributed by atoms with Crippen LogP contribution in [0.5, 0.6) is 0 Å². The number of hydrogen-bond acceptors (Lipinski definition) is 4. The van der Waals surface area contributed by atoms with Crippen molar-refractivity contribution >= 4 is 5.97 Å². The number of hydrogen-bond donors (Lipinski definition) is 0. The smallest absolute Gasteiger partial charge is 0.307 e. The Balaban J connectivity index is 2.23. The molecule has 0 aromatic rings. The molecule has 3 atom stereocenters. The third kappa shape index (κ3) is 6.23. The lowest BCUT2D eigenvalue weighted by Gasteiger charge is -2.19. The van der Waals surface area contributed by atoms with Gasteiger partial charge in [-0.15, -0.1) is 0 Å². The molecular formula is C16H30O4. The van der Waals surface area contributed by atoms with E-state index < -0.39 is 0 Å². The average molecular weight is 286 g/mol. The van der Waals surface area contributed by atoms with Gasteiger partial charge in [0.25, 0.3) is 0 Å². The molecule has 0 amide bonds. The van der Waals surface area contributed by atoms with Gasteiger partial charge in [-0.25, -0.2) is 0 Å². The molecule has 0 radical (unpaired) electrons. The predicted molar refractivity (Wildman–Crippen MR) is 78.4 cm³/mol. The van der Waals surface area contributed by atoms with E-state index in [0.29, 0.717) is 24.5 Å². The van der Waals surface area contributed by atoms with Crippen molar-refractivity contribution in [3.63, 3.8) is 0 Å². The molecule has 1 heterocycles. The van der Waals surface area contributed by atoms with Crippen LogP contribution in [0.1, 0.15) is 66.7 Å². The van der Waals surface area contributed by atoms with E-state index in [1.807, 2.05) is 20.8 Å². The van der Waals surface area contributed by atoms with Crippen LogP contribution >= 0.6 is 0 Å². The number of carbonyl (C=O) groups is 1. The van der Waals surface area contributed by atoms with E-state index in [9.17, 15) is 4.79 Å². The number of ether oxygens (including phenoxy) is 3. The molecule has 118 valence electrons. The summed E-state index contributed by atoms with van der Waals surface area (Å²) in [5.74, 6) is 0.310. The minimum Gasteiger partial charge on any atom is -0.438 e. The first-order chi connectivity index (χ1) is 9.35. The zero-order valence-corrected chi connectivity index (χ0v) is 13.6. The lowest BCUT2D eigenvalue weighted by atomic mass is 9.92. The van der Waals surface area contributed by atoms with E-state index in [0.717, 1.165) is 25.7 Å². The molecule has 0 bridgehead atoms. The molecule has 3 unspecified atom stereocenters. The van der Waals surface area contributed by atoms with Crippen LogP contribution in [0.3, 0.4) is 0 Å². The van der Waals surface area contributed by atoms with Gasteiger partial charge in [-0.2, -0.15) is 0 Å². The van der Waals surface area contributed by atoms with E-state index in [2.05, 4.69) is 13.8 Å². The molecule has 4 heteroatoms. The SMILES string of the molecule is CCC1CC(CCC(=O)OCOC(C)(C)C)C(CC)O1. The summed E-state index contributed by atoms with van der Waals surface area (Å²) in [5, 5.41) is 0. The molecular weight excluding hydrogens is 256 g/mol. The molecule has 1 aliphatic heterocycles. The Morgan fingerprint density at radius 3 is 2.50 bits per heavy atom. The summed E-state index contributed by atoms with van der Waals surface area (Å²) in [6, 6.07) is 0. The molecule has 0 spiro atoms. The summed E-state index contributed by atoms with van der Waals surface area (Å²) in [7, 11) is 0. The van der Waals surface area contributed by atoms with Crippen LogP contribution in [0.15, 0.2) is 0 Å². The van der Waals surface area contributed by atoms with Gasteiger partial charge in [0.2, 0.25) is 0 Å². The molecule has 1 saturated heterocycles. The first-order valence-electron chi connectivity index (χ1n) is 7.80. The molecule has 1 aliphatic rings. The minimum absolute atomic E-state index is 0.0400. The summed E-state index contributed by atoms with van der Waals surface area (Å²) < 4.78 is 16.4. The Bertz CT molecular complexity index is 295. The first-order valence-corrected chi connectivity index (χ1v) is 7.80. The summed E-state index contributed by atoms with van der Waals surface area (Å²) >= 11 is 0. The second kappa shape index (κ2) is 7.99. The highest BCUT2D eigenvalue weighted by molar-refractivity contribution is 5.69. The molecule has 0 aromatic carbocycles. The Morgan fingerprint density at radius 1 is 1.25 bits per heavy atom. The summed E-state index contributed by atoms with van der Waals surface area (Å²) in [6.07, 6.45) is 5.11. The summed E-state index contributed by atoms with van der Waals surface area (Å²) in [5.41, 5.74) is -0.277. The van der Waals surface area contributed by atoms with E-state index >= 15 is 0 Å². The highest BCUT2D eigenvalue weighted by Crippen LogP contribution is 2.33. The van der Waals surface area contributed by atoms with Gasteiger partial charge in [0.05, 0.1) is 17.8 Å². The second-order valence-corrected chi connectivity index (χ2v) is 6.54. The molecule has 20 heavy (non-hydrogen) atoms. The average Bonchev–Trinajstić information content (AvgIpc) is 2.77. The van der Waals surface area contributed by atoms with E-state index in [1.165, 1.54) is 0 Å². The van der Waals surface area contributed by atoms with Gasteiger partial charge in [-0.1, -0.05) is 13.8 Å².